The molecule has 0 aromatic heterocycles. The van der Waals surface area contributed by atoms with E-state index in [4.69, 9.17) is 13.7 Å². The molecular weight excluding hydrogens is 362 g/mol. The van der Waals surface area contributed by atoms with Crippen LogP contribution in [0.5, 0.6) is 0 Å². The fourth-order valence-electron chi connectivity index (χ4n) is 2.95. The molecule has 26 heavy (non-hydrogen) atoms. The van der Waals surface area contributed by atoms with Gasteiger partial charge in [-0.2, -0.15) is 0 Å². The zero-order chi connectivity index (χ0) is 20.1. The molecule has 1 heterocycles. The van der Waals surface area contributed by atoms with Crippen LogP contribution in [0.25, 0.3) is 0 Å². The summed E-state index contributed by atoms with van der Waals surface area (Å²) in [7, 11) is -4.04. The summed E-state index contributed by atoms with van der Waals surface area (Å²) in [5.41, 5.74) is 0.989. The minimum Gasteiger partial charge on any atom is -0.411 e. The number of hydrogen-bond acceptors (Lipinski definition) is 5. The molecule has 4 atom stereocenters. The van der Waals surface area contributed by atoms with Crippen molar-refractivity contribution < 1.29 is 18.8 Å². The second-order valence-electron chi connectivity index (χ2n) is 10.9. The van der Waals surface area contributed by atoms with Gasteiger partial charge in [-0.15, -0.1) is 0 Å². The molecule has 0 radical (unpaired) electrons. The van der Waals surface area contributed by atoms with E-state index in [2.05, 4.69) is 72.9 Å². The van der Waals surface area contributed by atoms with E-state index in [1.807, 2.05) is 0 Å². The molecule has 152 valence electrons. The predicted octanol–water partition coefficient (Wildman–Crippen LogP) is 4.53. The van der Waals surface area contributed by atoms with Gasteiger partial charge in [0, 0.05) is 6.42 Å². The van der Waals surface area contributed by atoms with Crippen LogP contribution >= 0.6 is 0 Å². The minimum atomic E-state index is -2.03. The van der Waals surface area contributed by atoms with Gasteiger partial charge in [0.2, 0.25) is 0 Å². The lowest BCUT2D eigenvalue weighted by molar-refractivity contribution is -0.0720. The molecule has 4 unspecified atom stereocenters. The third-order valence-corrected chi connectivity index (χ3v) is 15.9. The van der Waals surface area contributed by atoms with Gasteiger partial charge < -0.3 is 18.8 Å². The maximum atomic E-state index is 11.2. The number of aliphatic hydroxyl groups excluding tert-OH is 1. The minimum absolute atomic E-state index is 0.0402. The molecule has 1 aliphatic carbocycles. The summed E-state index contributed by atoms with van der Waals surface area (Å²) in [5.74, 6) is 0.0402. The first-order chi connectivity index (χ1) is 11.6. The first-order valence-electron chi connectivity index (χ1n) is 9.79. The average Bonchev–Trinajstić information content (AvgIpc) is 2.88. The fraction of sp³-hybridized carbons (Fsp3) is 0.947. The molecule has 1 fully saturated rings. The maximum Gasteiger partial charge on any atom is 0.192 e. The Balaban J connectivity index is 2.27. The van der Waals surface area contributed by atoms with E-state index >= 15 is 0 Å². The Kier molecular flexibility index (Phi) is 5.94. The van der Waals surface area contributed by atoms with Crippen molar-refractivity contribution >= 4 is 22.3 Å². The second-order valence-corrected chi connectivity index (χ2v) is 20.5. The van der Waals surface area contributed by atoms with Crippen LogP contribution in [0, 0.1) is 5.92 Å². The normalized spacial score (nSPS) is 30.7. The fourth-order valence-corrected chi connectivity index (χ4v) is 5.62. The lowest BCUT2D eigenvalue weighted by atomic mass is 9.82. The number of fused-ring (bicyclic) bond motifs is 1. The molecule has 1 N–H and O–H groups in total. The van der Waals surface area contributed by atoms with E-state index in [0.717, 1.165) is 5.71 Å². The average molecular weight is 402 g/mol. The monoisotopic (exact) mass is 401 g/mol. The van der Waals surface area contributed by atoms with Gasteiger partial charge in [0.25, 0.3) is 0 Å². The van der Waals surface area contributed by atoms with Crippen LogP contribution in [0.3, 0.4) is 0 Å². The highest BCUT2D eigenvalue weighted by Crippen LogP contribution is 2.43. The zero-order valence-electron chi connectivity index (χ0n) is 18.3. The molecule has 0 spiro atoms. The SMILES string of the molecule is CC(C)(C)[Si](C)(C)OC1CC2=NOCC2C(O[Si](C)(C)C(C)(C)C)C1O. The van der Waals surface area contributed by atoms with Gasteiger partial charge >= 0.3 is 0 Å². The number of nitrogens with zero attached hydrogens (tertiary/aromatic N) is 1. The van der Waals surface area contributed by atoms with Crippen LogP contribution < -0.4 is 0 Å². The Bertz CT molecular complexity index is 549. The van der Waals surface area contributed by atoms with E-state index in [0.29, 0.717) is 13.0 Å². The first-order valence-corrected chi connectivity index (χ1v) is 15.6. The third-order valence-electron chi connectivity index (χ3n) is 6.88. The van der Waals surface area contributed by atoms with Crippen molar-refractivity contribution in [3.8, 4) is 0 Å². The molecule has 1 aliphatic heterocycles. The standard InChI is InChI=1S/C19H39NO4Si2/c1-18(2,3)25(7,8)23-15-11-14-13(12-22-20-14)17(16(15)21)24-26(9,10)19(4,5)6/h13,15-17,21H,11-12H2,1-10H3. The van der Waals surface area contributed by atoms with Crippen molar-refractivity contribution in [2.75, 3.05) is 6.61 Å². The lowest BCUT2D eigenvalue weighted by Gasteiger charge is -2.48. The number of hydrogen-bond donors (Lipinski definition) is 1. The molecule has 1 saturated carbocycles. The summed E-state index contributed by atoms with van der Waals surface area (Å²) in [6.45, 7) is 22.7. The first kappa shape index (κ1) is 22.1. The number of rotatable bonds is 4. The van der Waals surface area contributed by atoms with E-state index in [1.54, 1.807) is 0 Å². The van der Waals surface area contributed by atoms with Crippen LogP contribution in [0.4, 0.5) is 0 Å². The quantitative estimate of drug-likeness (QED) is 0.703. The van der Waals surface area contributed by atoms with Crippen molar-refractivity contribution in [2.45, 2.75) is 103 Å². The highest BCUT2D eigenvalue weighted by atomic mass is 28.4. The molecule has 2 aliphatic rings. The Morgan fingerprint density at radius 3 is 1.96 bits per heavy atom. The molecule has 0 aromatic carbocycles. The summed E-state index contributed by atoms with van der Waals surface area (Å²) in [5, 5.41) is 15.6. The molecule has 0 saturated heterocycles. The largest absolute Gasteiger partial charge is 0.411 e. The van der Waals surface area contributed by atoms with Crippen molar-refractivity contribution in [1.29, 1.82) is 0 Å². The van der Waals surface area contributed by atoms with Crippen LogP contribution in [-0.4, -0.2) is 52.4 Å². The van der Waals surface area contributed by atoms with Gasteiger partial charge in [-0.1, -0.05) is 46.7 Å². The zero-order valence-corrected chi connectivity index (χ0v) is 20.3. The molecule has 5 nitrogen and oxygen atoms in total. The smallest absolute Gasteiger partial charge is 0.192 e. The molecule has 7 heteroatoms. The predicted molar refractivity (Wildman–Crippen MR) is 112 cm³/mol. The Morgan fingerprint density at radius 1 is 0.962 bits per heavy atom. The van der Waals surface area contributed by atoms with E-state index in [1.165, 1.54) is 0 Å². The summed E-state index contributed by atoms with van der Waals surface area (Å²) in [6, 6.07) is 0. The Hall–Kier alpha value is -0.216. The van der Waals surface area contributed by atoms with Gasteiger partial charge in [-0.25, -0.2) is 0 Å². The van der Waals surface area contributed by atoms with Gasteiger partial charge in [0.1, 0.15) is 12.7 Å². The molecule has 0 amide bonds. The van der Waals surface area contributed by atoms with E-state index in [9.17, 15) is 5.11 Å². The highest BCUT2D eigenvalue weighted by Gasteiger charge is 2.52. The molecule has 0 bridgehead atoms. The van der Waals surface area contributed by atoms with E-state index in [-0.39, 0.29) is 28.2 Å². The number of aliphatic hydroxyl groups is 1. The van der Waals surface area contributed by atoms with Crippen molar-refractivity contribution in [3.05, 3.63) is 0 Å². The summed E-state index contributed by atoms with van der Waals surface area (Å²) < 4.78 is 13.2. The lowest BCUT2D eigenvalue weighted by Crippen LogP contribution is -2.60. The van der Waals surface area contributed by atoms with Crippen LogP contribution in [0.2, 0.25) is 36.3 Å². The third kappa shape index (κ3) is 4.27. The van der Waals surface area contributed by atoms with Crippen LogP contribution in [0.15, 0.2) is 5.16 Å². The Labute approximate surface area is 161 Å². The van der Waals surface area contributed by atoms with Gasteiger partial charge in [-0.05, 0) is 36.3 Å². The summed E-state index contributed by atoms with van der Waals surface area (Å²) in [4.78, 5) is 5.38. The maximum absolute atomic E-state index is 11.2. The topological polar surface area (TPSA) is 60.3 Å². The molecular formula is C19H39NO4Si2. The Morgan fingerprint density at radius 2 is 1.46 bits per heavy atom. The highest BCUT2D eigenvalue weighted by molar-refractivity contribution is 6.74. The van der Waals surface area contributed by atoms with Gasteiger partial charge in [0.05, 0.1) is 23.8 Å². The summed E-state index contributed by atoms with van der Waals surface area (Å²) in [6.07, 6.45) is -0.595. The van der Waals surface area contributed by atoms with Crippen molar-refractivity contribution in [2.24, 2.45) is 11.1 Å². The molecule has 2 rings (SSSR count). The molecule has 0 aromatic rings. The van der Waals surface area contributed by atoms with Gasteiger partial charge in [0.15, 0.2) is 16.6 Å². The van der Waals surface area contributed by atoms with Gasteiger partial charge in [-0.3, -0.25) is 0 Å². The van der Waals surface area contributed by atoms with E-state index < -0.39 is 22.7 Å². The summed E-state index contributed by atoms with van der Waals surface area (Å²) >= 11 is 0. The number of oxime groups is 1. The van der Waals surface area contributed by atoms with Crippen LogP contribution in [-0.2, 0) is 13.7 Å². The van der Waals surface area contributed by atoms with Crippen molar-refractivity contribution in [3.63, 3.8) is 0 Å². The van der Waals surface area contributed by atoms with Crippen molar-refractivity contribution in [1.82, 2.24) is 0 Å². The second kappa shape index (κ2) is 6.99. The van der Waals surface area contributed by atoms with Crippen LogP contribution in [0.1, 0.15) is 48.0 Å².